The second kappa shape index (κ2) is 7.87. The highest BCUT2D eigenvalue weighted by Crippen LogP contribution is 2.17. The Labute approximate surface area is 135 Å². The summed E-state index contributed by atoms with van der Waals surface area (Å²) in [6.07, 6.45) is 2.01. The molecule has 0 aromatic heterocycles. The number of nitrogens with zero attached hydrogens (tertiary/aromatic N) is 1. The molecule has 1 N–H and O–H groups in total. The third-order valence-electron chi connectivity index (χ3n) is 3.80. The molecule has 6 heteroatoms. The van der Waals surface area contributed by atoms with Crippen LogP contribution in [0.15, 0.2) is 24.3 Å². The van der Waals surface area contributed by atoms with Gasteiger partial charge in [-0.05, 0) is 31.9 Å². The van der Waals surface area contributed by atoms with Crippen molar-refractivity contribution in [3.8, 4) is 0 Å². The van der Waals surface area contributed by atoms with Crippen molar-refractivity contribution >= 4 is 23.3 Å². The van der Waals surface area contributed by atoms with Crippen LogP contribution in [-0.2, 0) is 14.3 Å². The van der Waals surface area contributed by atoms with E-state index in [0.29, 0.717) is 17.8 Å². The number of ether oxygens (including phenoxy) is 1. The van der Waals surface area contributed by atoms with Crippen LogP contribution in [0.25, 0.3) is 0 Å². The van der Waals surface area contributed by atoms with Crippen molar-refractivity contribution in [1.29, 1.82) is 0 Å². The molecule has 0 radical (unpaired) electrons. The molecule has 0 bridgehead atoms. The summed E-state index contributed by atoms with van der Waals surface area (Å²) < 4.78 is 5.45. The van der Waals surface area contributed by atoms with Gasteiger partial charge < -0.3 is 15.0 Å². The highest BCUT2D eigenvalue weighted by Gasteiger charge is 2.19. The molecule has 124 valence electrons. The molecule has 1 atom stereocenters. The second-order valence-corrected chi connectivity index (χ2v) is 5.65. The van der Waals surface area contributed by atoms with Gasteiger partial charge in [0, 0.05) is 31.3 Å². The van der Waals surface area contributed by atoms with Crippen molar-refractivity contribution in [3.05, 3.63) is 29.8 Å². The maximum atomic E-state index is 12.1. The van der Waals surface area contributed by atoms with Crippen molar-refractivity contribution in [3.63, 3.8) is 0 Å². The molecule has 1 saturated heterocycles. The van der Waals surface area contributed by atoms with Gasteiger partial charge in [-0.15, -0.1) is 0 Å². The molecule has 1 aliphatic rings. The van der Waals surface area contributed by atoms with E-state index in [1.807, 2.05) is 0 Å². The predicted molar refractivity (Wildman–Crippen MR) is 86.5 cm³/mol. The zero-order valence-electron chi connectivity index (χ0n) is 13.5. The SMILES string of the molecule is CC(=O)c1cccc(N(CC(=O)NCC2CCCO2)C(C)=O)c1. The molecule has 1 heterocycles. The highest BCUT2D eigenvalue weighted by atomic mass is 16.5. The first-order chi connectivity index (χ1) is 11.0. The van der Waals surface area contributed by atoms with Crippen LogP contribution in [0.3, 0.4) is 0 Å². The van der Waals surface area contributed by atoms with Crippen LogP contribution < -0.4 is 10.2 Å². The zero-order valence-corrected chi connectivity index (χ0v) is 13.5. The van der Waals surface area contributed by atoms with E-state index in [1.165, 1.54) is 18.7 Å². The number of anilines is 1. The Morgan fingerprint density at radius 2 is 2.09 bits per heavy atom. The summed E-state index contributed by atoms with van der Waals surface area (Å²) in [5.41, 5.74) is 1.05. The number of carbonyl (C=O) groups is 3. The molecule has 23 heavy (non-hydrogen) atoms. The normalized spacial score (nSPS) is 16.9. The smallest absolute Gasteiger partial charge is 0.240 e. The molecule has 1 fully saturated rings. The van der Waals surface area contributed by atoms with Crippen molar-refractivity contribution in [2.45, 2.75) is 32.8 Å². The average molecular weight is 318 g/mol. The van der Waals surface area contributed by atoms with Crippen LogP contribution in [0.4, 0.5) is 5.69 Å². The topological polar surface area (TPSA) is 75.7 Å². The predicted octanol–water partition coefficient (Wildman–Crippen LogP) is 1.54. The van der Waals surface area contributed by atoms with Gasteiger partial charge in [-0.2, -0.15) is 0 Å². The minimum Gasteiger partial charge on any atom is -0.376 e. The Balaban J connectivity index is 2.00. The number of benzene rings is 1. The van der Waals surface area contributed by atoms with E-state index in [-0.39, 0.29) is 30.2 Å². The number of hydrogen-bond acceptors (Lipinski definition) is 4. The van der Waals surface area contributed by atoms with Crippen LogP contribution in [0, 0.1) is 0 Å². The second-order valence-electron chi connectivity index (χ2n) is 5.65. The largest absolute Gasteiger partial charge is 0.376 e. The van der Waals surface area contributed by atoms with Gasteiger partial charge in [-0.1, -0.05) is 12.1 Å². The first-order valence-electron chi connectivity index (χ1n) is 7.75. The van der Waals surface area contributed by atoms with E-state index in [4.69, 9.17) is 4.74 Å². The van der Waals surface area contributed by atoms with Gasteiger partial charge >= 0.3 is 0 Å². The third-order valence-corrected chi connectivity index (χ3v) is 3.80. The van der Waals surface area contributed by atoms with Gasteiger partial charge in [-0.3, -0.25) is 14.4 Å². The summed E-state index contributed by atoms with van der Waals surface area (Å²) in [7, 11) is 0. The van der Waals surface area contributed by atoms with E-state index in [0.717, 1.165) is 19.4 Å². The minimum absolute atomic E-state index is 0.0609. The summed E-state index contributed by atoms with van der Waals surface area (Å²) >= 11 is 0. The van der Waals surface area contributed by atoms with Gasteiger partial charge in [0.1, 0.15) is 6.54 Å². The van der Waals surface area contributed by atoms with Gasteiger partial charge in [0.05, 0.1) is 6.10 Å². The number of nitrogens with one attached hydrogen (secondary N) is 1. The van der Waals surface area contributed by atoms with Gasteiger partial charge in [0.15, 0.2) is 5.78 Å². The van der Waals surface area contributed by atoms with Gasteiger partial charge in [0.25, 0.3) is 0 Å². The molecule has 1 aromatic carbocycles. The fraction of sp³-hybridized carbons (Fsp3) is 0.471. The molecular weight excluding hydrogens is 296 g/mol. The number of hydrogen-bond donors (Lipinski definition) is 1. The minimum atomic E-state index is -0.252. The standard InChI is InChI=1S/C17H22N2O4/c1-12(20)14-5-3-6-15(9-14)19(13(2)21)11-17(22)18-10-16-7-4-8-23-16/h3,5-6,9,16H,4,7-8,10-11H2,1-2H3,(H,18,22). The first kappa shape index (κ1) is 17.1. The van der Waals surface area contributed by atoms with E-state index in [9.17, 15) is 14.4 Å². The van der Waals surface area contributed by atoms with E-state index >= 15 is 0 Å². The molecule has 0 aliphatic carbocycles. The van der Waals surface area contributed by atoms with Crippen molar-refractivity contribution in [1.82, 2.24) is 5.32 Å². The number of Topliss-reactive ketones (excluding diaryl/α,β-unsaturated/α-hetero) is 1. The molecule has 0 saturated carbocycles. The summed E-state index contributed by atoms with van der Waals surface area (Å²) in [5, 5.41) is 2.79. The van der Waals surface area contributed by atoms with Crippen molar-refractivity contribution < 1.29 is 19.1 Å². The third kappa shape index (κ3) is 4.89. The van der Waals surface area contributed by atoms with Gasteiger partial charge in [-0.25, -0.2) is 0 Å². The molecule has 1 aromatic rings. The lowest BCUT2D eigenvalue weighted by atomic mass is 10.1. The van der Waals surface area contributed by atoms with Crippen LogP contribution in [0.1, 0.15) is 37.0 Å². The van der Waals surface area contributed by atoms with E-state index in [2.05, 4.69) is 5.32 Å². The Bertz CT molecular complexity index is 594. The number of ketones is 1. The summed E-state index contributed by atoms with van der Waals surface area (Å²) in [6, 6.07) is 6.71. The summed E-state index contributed by atoms with van der Waals surface area (Å²) in [4.78, 5) is 36.8. The molecule has 1 aliphatic heterocycles. The zero-order chi connectivity index (χ0) is 16.8. The summed E-state index contributed by atoms with van der Waals surface area (Å²) in [6.45, 7) is 3.97. The lowest BCUT2D eigenvalue weighted by Gasteiger charge is -2.21. The molecule has 2 rings (SSSR count). The lowest BCUT2D eigenvalue weighted by Crippen LogP contribution is -2.42. The van der Waals surface area contributed by atoms with Crippen molar-refractivity contribution in [2.24, 2.45) is 0 Å². The average Bonchev–Trinajstić information content (AvgIpc) is 3.04. The van der Waals surface area contributed by atoms with E-state index < -0.39 is 0 Å². The van der Waals surface area contributed by atoms with E-state index in [1.54, 1.807) is 24.3 Å². The van der Waals surface area contributed by atoms with Crippen LogP contribution in [0.5, 0.6) is 0 Å². The Hall–Kier alpha value is -2.21. The monoisotopic (exact) mass is 318 g/mol. The number of amides is 2. The van der Waals surface area contributed by atoms with Crippen molar-refractivity contribution in [2.75, 3.05) is 24.6 Å². The Morgan fingerprint density at radius 1 is 1.30 bits per heavy atom. The first-order valence-corrected chi connectivity index (χ1v) is 7.75. The van der Waals surface area contributed by atoms with Crippen LogP contribution in [0.2, 0.25) is 0 Å². The molecule has 0 spiro atoms. The fourth-order valence-electron chi connectivity index (χ4n) is 2.51. The van der Waals surface area contributed by atoms with Crippen LogP contribution >= 0.6 is 0 Å². The maximum Gasteiger partial charge on any atom is 0.240 e. The van der Waals surface area contributed by atoms with Crippen LogP contribution in [-0.4, -0.2) is 43.4 Å². The Morgan fingerprint density at radius 3 is 2.70 bits per heavy atom. The number of carbonyl (C=O) groups excluding carboxylic acids is 3. The fourth-order valence-corrected chi connectivity index (χ4v) is 2.51. The highest BCUT2D eigenvalue weighted by molar-refractivity contribution is 6.00. The maximum absolute atomic E-state index is 12.1. The van der Waals surface area contributed by atoms with Gasteiger partial charge in [0.2, 0.25) is 11.8 Å². The quantitative estimate of drug-likeness (QED) is 0.807. The molecule has 6 nitrogen and oxygen atoms in total. The number of rotatable bonds is 6. The molecule has 2 amide bonds. The summed E-state index contributed by atoms with van der Waals surface area (Å²) in [5.74, 6) is -0.583. The Kier molecular flexibility index (Phi) is 5.87. The lowest BCUT2D eigenvalue weighted by molar-refractivity contribution is -0.123. The molecule has 1 unspecified atom stereocenters. The molecular formula is C17H22N2O4.